The lowest BCUT2D eigenvalue weighted by atomic mass is 10.1. The largest absolute Gasteiger partial charge is 0.505 e. The fourth-order valence-electron chi connectivity index (χ4n) is 5.13. The lowest BCUT2D eigenvalue weighted by Gasteiger charge is -2.26. The molecule has 0 aromatic heterocycles. The number of hydrogen-bond donors (Lipinski definition) is 6. The van der Waals surface area contributed by atoms with Crippen LogP contribution in [0.15, 0.2) is 91.6 Å². The van der Waals surface area contributed by atoms with E-state index in [0.717, 1.165) is 6.07 Å². The van der Waals surface area contributed by atoms with E-state index >= 15 is 0 Å². The Morgan fingerprint density at radius 1 is 0.755 bits per heavy atom. The number of hydrazine groups is 1. The topological polar surface area (TPSA) is 245 Å². The molecule has 0 bridgehead atoms. The molecule has 0 atom stereocenters. The Bertz CT molecular complexity index is 2520. The summed E-state index contributed by atoms with van der Waals surface area (Å²) in [7, 11) is -10.0. The van der Waals surface area contributed by atoms with Crippen molar-refractivity contribution in [2.24, 2.45) is 10.2 Å². The van der Waals surface area contributed by atoms with Gasteiger partial charge in [-0.2, -0.15) is 35.5 Å². The maximum absolute atomic E-state index is 12.4. The van der Waals surface area contributed by atoms with Crippen molar-refractivity contribution in [3.63, 3.8) is 0 Å². The normalized spacial score (nSPS) is 12.5. The number of azo groups is 1. The molecule has 0 aliphatic carbocycles. The number of fused-ring (bicyclic) bond motifs is 2. The first-order valence-corrected chi connectivity index (χ1v) is 18.2. The number of hydrogen-bond acceptors (Lipinski definition) is 13. The molecule has 0 amide bonds. The fourth-order valence-corrected chi connectivity index (χ4v) is 7.23. The van der Waals surface area contributed by atoms with Gasteiger partial charge in [0.15, 0.2) is 0 Å². The van der Waals surface area contributed by atoms with Crippen molar-refractivity contribution in [1.82, 2.24) is 0 Å². The zero-order chi connectivity index (χ0) is 36.1. The van der Waals surface area contributed by atoms with Crippen molar-refractivity contribution < 1.29 is 48.8 Å². The molecule has 0 unspecified atom stereocenters. The predicted octanol–water partition coefficient (Wildman–Crippen LogP) is 5.68. The van der Waals surface area contributed by atoms with Gasteiger partial charge in [0.25, 0.3) is 30.4 Å². The van der Waals surface area contributed by atoms with Crippen LogP contribution in [0.25, 0.3) is 21.5 Å². The lowest BCUT2D eigenvalue weighted by molar-refractivity contribution is 0.416. The first-order valence-electron chi connectivity index (χ1n) is 13.9. The number of anilines is 3. The van der Waals surface area contributed by atoms with E-state index < -0.39 is 50.8 Å². The second-order valence-corrected chi connectivity index (χ2v) is 14.9. The minimum absolute atomic E-state index is 0.0769. The van der Waals surface area contributed by atoms with Crippen LogP contribution in [0.3, 0.4) is 0 Å². The molecule has 258 valence electrons. The summed E-state index contributed by atoms with van der Waals surface area (Å²) in [5, 5.41) is 24.4. The molecule has 0 saturated carbocycles. The average Bonchev–Trinajstić information content (AvgIpc) is 3.01. The molecule has 0 fully saturated rings. The Morgan fingerprint density at radius 3 is 2.06 bits per heavy atom. The van der Waals surface area contributed by atoms with Gasteiger partial charge in [0.1, 0.15) is 27.0 Å². The van der Waals surface area contributed by atoms with E-state index in [1.165, 1.54) is 49.5 Å². The fraction of sp³-hybridized carbons (Fsp3) is 0.133. The summed E-state index contributed by atoms with van der Waals surface area (Å²) in [5.41, 5.74) is 4.66. The molecule has 0 heterocycles. The van der Waals surface area contributed by atoms with Crippen LogP contribution in [0.1, 0.15) is 5.56 Å². The molecule has 19 heteroatoms. The molecule has 0 saturated heterocycles. The third-order valence-corrected chi connectivity index (χ3v) is 10.1. The maximum atomic E-state index is 12.4. The van der Waals surface area contributed by atoms with Crippen LogP contribution in [0.4, 0.5) is 28.4 Å². The van der Waals surface area contributed by atoms with Gasteiger partial charge in [-0.3, -0.25) is 24.1 Å². The van der Waals surface area contributed by atoms with Gasteiger partial charge in [-0.1, -0.05) is 6.07 Å². The van der Waals surface area contributed by atoms with Gasteiger partial charge < -0.3 is 15.2 Å². The number of phenolic OH excluding ortho intramolecular Hbond substituents is 1. The van der Waals surface area contributed by atoms with Crippen molar-refractivity contribution in [2.75, 3.05) is 37.0 Å². The van der Waals surface area contributed by atoms with Crippen LogP contribution >= 0.6 is 0 Å². The molecule has 5 rings (SSSR count). The second kappa shape index (κ2) is 12.8. The number of benzene rings is 5. The number of phenols is 1. The van der Waals surface area contributed by atoms with Crippen molar-refractivity contribution in [2.45, 2.75) is 21.6 Å². The van der Waals surface area contributed by atoms with Crippen LogP contribution in [-0.2, 0) is 30.4 Å². The SMILES string of the molecule is CNc1ccc2c(O)c(N(C)Nc3cc(C)c(N=Nc4ccc5cc(S(=O)(=O)O)cc(S(=O)(=O)O)c5c4)cc3OC)c(S(=O)(=O)O)cc2c1. The summed E-state index contributed by atoms with van der Waals surface area (Å²) in [4.78, 5) is -2.04. The summed E-state index contributed by atoms with van der Waals surface area (Å²) >= 11 is 0. The minimum Gasteiger partial charge on any atom is -0.505 e. The van der Waals surface area contributed by atoms with Gasteiger partial charge in [0.05, 0.1) is 29.1 Å². The van der Waals surface area contributed by atoms with E-state index in [0.29, 0.717) is 39.5 Å². The number of aryl methyl sites for hydroxylation is 1. The first-order chi connectivity index (χ1) is 22.8. The lowest BCUT2D eigenvalue weighted by Crippen LogP contribution is -2.27. The number of nitrogens with one attached hydrogen (secondary N) is 2. The van der Waals surface area contributed by atoms with Crippen LogP contribution in [0, 0.1) is 6.92 Å². The Morgan fingerprint density at radius 2 is 1.45 bits per heavy atom. The summed E-state index contributed by atoms with van der Waals surface area (Å²) in [6.07, 6.45) is 0. The zero-order valence-corrected chi connectivity index (χ0v) is 28.5. The molecule has 16 nitrogen and oxygen atoms in total. The molecular weight excluding hydrogens is 703 g/mol. The summed E-state index contributed by atoms with van der Waals surface area (Å²) < 4.78 is 107. The summed E-state index contributed by atoms with van der Waals surface area (Å²) in [6, 6.07) is 14.9. The molecule has 0 radical (unpaired) electrons. The Kier molecular flexibility index (Phi) is 9.19. The van der Waals surface area contributed by atoms with Crippen molar-refractivity contribution >= 4 is 80.3 Å². The van der Waals surface area contributed by atoms with Gasteiger partial charge in [0.2, 0.25) is 0 Å². The molecule has 49 heavy (non-hydrogen) atoms. The molecule has 6 N–H and O–H groups in total. The van der Waals surface area contributed by atoms with E-state index in [-0.39, 0.29) is 27.9 Å². The van der Waals surface area contributed by atoms with Crippen molar-refractivity contribution in [3.05, 3.63) is 72.3 Å². The number of ether oxygens (including phenoxy) is 1. The molecular formula is C30H29N5O11S3. The smallest absolute Gasteiger partial charge is 0.296 e. The quantitative estimate of drug-likeness (QED) is 0.0575. The highest BCUT2D eigenvalue weighted by Gasteiger charge is 2.26. The van der Waals surface area contributed by atoms with E-state index in [2.05, 4.69) is 21.0 Å². The van der Waals surface area contributed by atoms with Crippen LogP contribution in [0.2, 0.25) is 0 Å². The second-order valence-electron chi connectivity index (χ2n) is 10.7. The highest BCUT2D eigenvalue weighted by Crippen LogP contribution is 2.42. The van der Waals surface area contributed by atoms with Gasteiger partial charge >= 0.3 is 0 Å². The molecule has 0 aliphatic rings. The van der Waals surface area contributed by atoms with Crippen molar-refractivity contribution in [3.8, 4) is 11.5 Å². The Hall–Kier alpha value is -5.05. The van der Waals surface area contributed by atoms with E-state index in [4.69, 9.17) is 4.74 Å². The Balaban J connectivity index is 1.51. The zero-order valence-electron chi connectivity index (χ0n) is 26.1. The number of rotatable bonds is 10. The summed E-state index contributed by atoms with van der Waals surface area (Å²) in [5.74, 6) is -0.200. The van der Waals surface area contributed by atoms with Crippen LogP contribution < -0.4 is 20.5 Å². The Labute approximate surface area is 280 Å². The van der Waals surface area contributed by atoms with Crippen LogP contribution in [-0.4, -0.2) is 65.2 Å². The predicted molar refractivity (Wildman–Crippen MR) is 182 cm³/mol. The number of aromatic hydroxyl groups is 1. The highest BCUT2D eigenvalue weighted by atomic mass is 32.2. The van der Waals surface area contributed by atoms with Gasteiger partial charge in [-0.05, 0) is 77.9 Å². The third kappa shape index (κ3) is 7.21. The monoisotopic (exact) mass is 731 g/mol. The number of nitrogens with zero attached hydrogens (tertiary/aromatic N) is 3. The van der Waals surface area contributed by atoms with Gasteiger partial charge in [0, 0.05) is 36.6 Å². The van der Waals surface area contributed by atoms with E-state index in [1.807, 2.05) is 0 Å². The number of methoxy groups -OCH3 is 1. The van der Waals surface area contributed by atoms with Crippen LogP contribution in [0.5, 0.6) is 11.5 Å². The van der Waals surface area contributed by atoms with E-state index in [9.17, 15) is 44.0 Å². The average molecular weight is 732 g/mol. The third-order valence-electron chi connectivity index (χ3n) is 7.48. The highest BCUT2D eigenvalue weighted by molar-refractivity contribution is 7.87. The minimum atomic E-state index is -4.92. The van der Waals surface area contributed by atoms with Crippen molar-refractivity contribution in [1.29, 1.82) is 0 Å². The standard InChI is InChI=1S/C30H29N5O11S3/c1-16-9-25(34-35(3)29-28(49(43,44)45)12-18-10-19(31-2)7-8-22(18)30(29)36)26(46-4)15-24(16)33-32-20-6-5-17-11-21(47(37,38)39)14-27(23(17)13-20)48(40,41)42/h5-15,31,34,36H,1-4H3,(H,37,38,39)(H,40,41,42)(H,43,44,45). The first kappa shape index (κ1) is 35.3. The van der Waals surface area contributed by atoms with E-state index in [1.54, 1.807) is 38.2 Å². The van der Waals surface area contributed by atoms with Gasteiger partial charge in [-0.25, -0.2) is 0 Å². The molecule has 5 aromatic carbocycles. The molecule has 5 aromatic rings. The molecule has 0 aliphatic heterocycles. The molecule has 0 spiro atoms. The van der Waals surface area contributed by atoms with Gasteiger partial charge in [-0.15, -0.1) is 0 Å². The maximum Gasteiger partial charge on any atom is 0.296 e. The summed E-state index contributed by atoms with van der Waals surface area (Å²) in [6.45, 7) is 1.68.